The summed E-state index contributed by atoms with van der Waals surface area (Å²) in [6.07, 6.45) is -0.168. The molecule has 0 saturated heterocycles. The number of aromatic hydroxyl groups is 1. The summed E-state index contributed by atoms with van der Waals surface area (Å²) < 4.78 is 0. The Morgan fingerprint density at radius 1 is 0.852 bits per heavy atom. The Hall–Kier alpha value is -3.60. The molecular weight excluding hydrogens is 342 g/mol. The van der Waals surface area contributed by atoms with Gasteiger partial charge in [0.05, 0.1) is 12.5 Å². The third-order valence-corrected chi connectivity index (χ3v) is 4.21. The van der Waals surface area contributed by atoms with E-state index in [1.54, 1.807) is 60.7 Å². The van der Waals surface area contributed by atoms with Gasteiger partial charge in [0.1, 0.15) is 5.75 Å². The predicted octanol–water partition coefficient (Wildman–Crippen LogP) is 4.25. The number of phenols is 1. The van der Waals surface area contributed by atoms with Crippen LogP contribution in [0, 0.1) is 0 Å². The minimum Gasteiger partial charge on any atom is -0.508 e. The van der Waals surface area contributed by atoms with E-state index in [4.69, 9.17) is 0 Å². The summed E-state index contributed by atoms with van der Waals surface area (Å²) in [5, 5.41) is 21.9. The van der Waals surface area contributed by atoms with Crippen molar-refractivity contribution in [1.82, 2.24) is 0 Å². The Morgan fingerprint density at radius 3 is 2.15 bits per heavy atom. The predicted molar refractivity (Wildman–Crippen MR) is 103 cm³/mol. The van der Waals surface area contributed by atoms with Gasteiger partial charge in [-0.15, -0.1) is 0 Å². The quantitative estimate of drug-likeness (QED) is 0.548. The van der Waals surface area contributed by atoms with Gasteiger partial charge in [-0.25, -0.2) is 0 Å². The summed E-state index contributed by atoms with van der Waals surface area (Å²) in [7, 11) is 0. The molecule has 0 aromatic heterocycles. The number of nitrogens with one attached hydrogen (secondary N) is 1. The zero-order chi connectivity index (χ0) is 19.2. The number of carboxylic acid groups (broad SMARTS) is 1. The van der Waals surface area contributed by atoms with Crippen molar-refractivity contribution in [3.8, 4) is 5.75 Å². The summed E-state index contributed by atoms with van der Waals surface area (Å²) in [4.78, 5) is 24.2. The number of hydrogen-bond acceptors (Lipinski definition) is 4. The Kier molecular flexibility index (Phi) is 5.52. The van der Waals surface area contributed by atoms with Crippen LogP contribution in [0.5, 0.6) is 5.75 Å². The average Bonchev–Trinajstić information content (AvgIpc) is 2.68. The number of ketones is 1. The standard InChI is InChI=1S/C22H19NO4/c24-17-12-10-15(11-13-17)20(14-21(25)26)23-19-9-5-4-8-18(19)22(27)16-6-2-1-3-7-16/h1-13,20,23-24H,14H2,(H,25,26)/t20-/m0/s1. The highest BCUT2D eigenvalue weighted by Crippen LogP contribution is 2.27. The van der Waals surface area contributed by atoms with Crippen molar-refractivity contribution in [1.29, 1.82) is 0 Å². The van der Waals surface area contributed by atoms with Crippen LogP contribution in [0.1, 0.15) is 33.9 Å². The van der Waals surface area contributed by atoms with E-state index >= 15 is 0 Å². The molecule has 0 heterocycles. The minimum absolute atomic E-state index is 0.104. The monoisotopic (exact) mass is 361 g/mol. The van der Waals surface area contributed by atoms with Crippen LogP contribution in [-0.4, -0.2) is 22.0 Å². The van der Waals surface area contributed by atoms with Crippen LogP contribution in [0.4, 0.5) is 5.69 Å². The van der Waals surface area contributed by atoms with E-state index < -0.39 is 12.0 Å². The first-order valence-electron chi connectivity index (χ1n) is 8.50. The van der Waals surface area contributed by atoms with Gasteiger partial charge in [-0.2, -0.15) is 0 Å². The van der Waals surface area contributed by atoms with Gasteiger partial charge in [-0.05, 0) is 29.8 Å². The number of rotatable bonds is 7. The van der Waals surface area contributed by atoms with Crippen LogP contribution in [0.2, 0.25) is 0 Å². The summed E-state index contributed by atoms with van der Waals surface area (Å²) in [5.74, 6) is -1.00. The summed E-state index contributed by atoms with van der Waals surface area (Å²) in [6, 6.07) is 21.8. The molecule has 3 rings (SSSR count). The molecule has 136 valence electrons. The number of hydrogen-bond donors (Lipinski definition) is 3. The van der Waals surface area contributed by atoms with E-state index in [0.29, 0.717) is 22.4 Å². The lowest BCUT2D eigenvalue weighted by Crippen LogP contribution is -2.17. The minimum atomic E-state index is -0.965. The first-order valence-corrected chi connectivity index (χ1v) is 8.50. The van der Waals surface area contributed by atoms with E-state index in [1.807, 2.05) is 6.07 Å². The molecule has 3 aromatic carbocycles. The molecule has 0 spiro atoms. The second-order valence-electron chi connectivity index (χ2n) is 6.13. The van der Waals surface area contributed by atoms with Gasteiger partial charge in [0, 0.05) is 16.8 Å². The lowest BCUT2D eigenvalue weighted by Gasteiger charge is -2.21. The third-order valence-electron chi connectivity index (χ3n) is 4.21. The maximum Gasteiger partial charge on any atom is 0.305 e. The van der Waals surface area contributed by atoms with Crippen LogP contribution in [-0.2, 0) is 4.79 Å². The largest absolute Gasteiger partial charge is 0.508 e. The number of benzene rings is 3. The van der Waals surface area contributed by atoms with Gasteiger partial charge in [0.25, 0.3) is 0 Å². The molecule has 0 amide bonds. The Balaban J connectivity index is 1.94. The highest BCUT2D eigenvalue weighted by atomic mass is 16.4. The molecule has 0 unspecified atom stereocenters. The molecule has 0 bridgehead atoms. The lowest BCUT2D eigenvalue weighted by molar-refractivity contribution is -0.137. The Morgan fingerprint density at radius 2 is 1.48 bits per heavy atom. The van der Waals surface area contributed by atoms with E-state index in [2.05, 4.69) is 5.32 Å². The van der Waals surface area contributed by atoms with Crippen molar-refractivity contribution in [2.75, 3.05) is 5.32 Å². The van der Waals surface area contributed by atoms with Crippen LogP contribution >= 0.6 is 0 Å². The SMILES string of the molecule is O=C(O)C[C@H](Nc1ccccc1C(=O)c1ccccc1)c1ccc(O)cc1. The van der Waals surface area contributed by atoms with Crippen molar-refractivity contribution in [2.24, 2.45) is 0 Å². The van der Waals surface area contributed by atoms with Crippen molar-refractivity contribution in [3.05, 3.63) is 95.6 Å². The third kappa shape index (κ3) is 4.52. The van der Waals surface area contributed by atoms with Crippen molar-refractivity contribution >= 4 is 17.4 Å². The molecule has 5 nitrogen and oxygen atoms in total. The van der Waals surface area contributed by atoms with Crippen molar-refractivity contribution < 1.29 is 19.8 Å². The zero-order valence-corrected chi connectivity index (χ0v) is 14.5. The highest BCUT2D eigenvalue weighted by Gasteiger charge is 2.19. The number of phenolic OH excluding ortho intramolecular Hbond substituents is 1. The molecule has 0 aliphatic rings. The normalized spacial score (nSPS) is 11.6. The fraction of sp³-hybridized carbons (Fsp3) is 0.0909. The molecule has 0 aliphatic carbocycles. The molecule has 0 radical (unpaired) electrons. The summed E-state index contributed by atoms with van der Waals surface area (Å²) >= 11 is 0. The van der Waals surface area contributed by atoms with E-state index in [0.717, 1.165) is 0 Å². The summed E-state index contributed by atoms with van der Waals surface area (Å²) in [6.45, 7) is 0. The van der Waals surface area contributed by atoms with Crippen molar-refractivity contribution in [2.45, 2.75) is 12.5 Å². The first kappa shape index (κ1) is 18.2. The fourth-order valence-corrected chi connectivity index (χ4v) is 2.87. The van der Waals surface area contributed by atoms with Gasteiger partial charge in [0.2, 0.25) is 0 Å². The molecular formula is C22H19NO4. The number of para-hydroxylation sites is 1. The van der Waals surface area contributed by atoms with E-state index in [9.17, 15) is 19.8 Å². The maximum absolute atomic E-state index is 12.9. The van der Waals surface area contributed by atoms with E-state index in [1.165, 1.54) is 12.1 Å². The van der Waals surface area contributed by atoms with Crippen LogP contribution in [0.25, 0.3) is 0 Å². The Labute approximate surface area is 156 Å². The molecule has 0 fully saturated rings. The number of carbonyl (C=O) groups excluding carboxylic acids is 1. The number of carbonyl (C=O) groups is 2. The molecule has 27 heavy (non-hydrogen) atoms. The van der Waals surface area contributed by atoms with Crippen LogP contribution in [0.3, 0.4) is 0 Å². The molecule has 1 atom stereocenters. The van der Waals surface area contributed by atoms with Crippen LogP contribution < -0.4 is 5.32 Å². The lowest BCUT2D eigenvalue weighted by atomic mass is 9.99. The topological polar surface area (TPSA) is 86.6 Å². The van der Waals surface area contributed by atoms with Gasteiger partial charge >= 0.3 is 5.97 Å². The number of anilines is 1. The molecule has 3 N–H and O–H groups in total. The number of aliphatic carboxylic acids is 1. The highest BCUT2D eigenvalue weighted by molar-refractivity contribution is 6.12. The fourth-order valence-electron chi connectivity index (χ4n) is 2.87. The molecule has 0 aliphatic heterocycles. The van der Waals surface area contributed by atoms with E-state index in [-0.39, 0.29) is 18.0 Å². The second-order valence-corrected chi connectivity index (χ2v) is 6.13. The second kappa shape index (κ2) is 8.19. The maximum atomic E-state index is 12.9. The average molecular weight is 361 g/mol. The van der Waals surface area contributed by atoms with Crippen LogP contribution in [0.15, 0.2) is 78.9 Å². The molecule has 5 heteroatoms. The smallest absolute Gasteiger partial charge is 0.305 e. The number of carboxylic acids is 1. The van der Waals surface area contributed by atoms with Gasteiger partial charge in [-0.3, -0.25) is 9.59 Å². The van der Waals surface area contributed by atoms with Gasteiger partial charge < -0.3 is 15.5 Å². The molecule has 3 aromatic rings. The van der Waals surface area contributed by atoms with Gasteiger partial charge in [-0.1, -0.05) is 54.6 Å². The zero-order valence-electron chi connectivity index (χ0n) is 14.5. The first-order chi connectivity index (χ1) is 13.0. The Bertz CT molecular complexity index is 936. The summed E-state index contributed by atoms with van der Waals surface area (Å²) in [5.41, 5.74) is 2.30. The van der Waals surface area contributed by atoms with Gasteiger partial charge in [0.15, 0.2) is 5.78 Å². The molecule has 0 saturated carbocycles. The van der Waals surface area contributed by atoms with Crippen molar-refractivity contribution in [3.63, 3.8) is 0 Å².